The molecular formula is C21H24ClFN2O. The van der Waals surface area contributed by atoms with Crippen LogP contribution in [0.5, 0.6) is 0 Å². The average molecular weight is 375 g/mol. The Morgan fingerprint density at radius 1 is 1.19 bits per heavy atom. The van der Waals surface area contributed by atoms with E-state index in [-0.39, 0.29) is 17.6 Å². The molecule has 0 radical (unpaired) electrons. The fourth-order valence-electron chi connectivity index (χ4n) is 3.48. The fourth-order valence-corrected chi connectivity index (χ4v) is 3.64. The summed E-state index contributed by atoms with van der Waals surface area (Å²) < 4.78 is 14.0. The van der Waals surface area contributed by atoms with Crippen LogP contribution < -0.4 is 5.32 Å². The van der Waals surface area contributed by atoms with Gasteiger partial charge < -0.3 is 5.32 Å². The molecule has 26 heavy (non-hydrogen) atoms. The van der Waals surface area contributed by atoms with Crippen LogP contribution in [0, 0.1) is 25.6 Å². The van der Waals surface area contributed by atoms with Gasteiger partial charge in [0.05, 0.1) is 0 Å². The molecule has 0 spiro atoms. The molecule has 1 saturated heterocycles. The molecule has 0 aliphatic carbocycles. The molecule has 0 bridgehead atoms. The van der Waals surface area contributed by atoms with E-state index in [9.17, 15) is 9.18 Å². The van der Waals surface area contributed by atoms with E-state index in [4.69, 9.17) is 11.6 Å². The Labute approximate surface area is 159 Å². The van der Waals surface area contributed by atoms with Crippen molar-refractivity contribution >= 4 is 23.2 Å². The summed E-state index contributed by atoms with van der Waals surface area (Å²) in [4.78, 5) is 14.8. The Balaban J connectivity index is 1.55. The number of anilines is 1. The Kier molecular flexibility index (Phi) is 5.94. The van der Waals surface area contributed by atoms with Gasteiger partial charge in [-0.15, -0.1) is 0 Å². The zero-order valence-corrected chi connectivity index (χ0v) is 15.9. The number of nitrogens with zero attached hydrogens (tertiary/aromatic N) is 1. The minimum Gasteiger partial charge on any atom is -0.325 e. The summed E-state index contributed by atoms with van der Waals surface area (Å²) in [5.74, 6) is -0.188. The highest BCUT2D eigenvalue weighted by Crippen LogP contribution is 2.25. The minimum absolute atomic E-state index is 0.000297. The number of hydrogen-bond acceptors (Lipinski definition) is 2. The number of carbonyl (C=O) groups excluding carboxylic acids is 1. The highest BCUT2D eigenvalue weighted by Gasteiger charge is 2.26. The summed E-state index contributed by atoms with van der Waals surface area (Å²) in [7, 11) is 0. The maximum Gasteiger partial charge on any atom is 0.227 e. The van der Waals surface area contributed by atoms with Crippen molar-refractivity contribution in [1.82, 2.24) is 4.90 Å². The molecule has 2 aromatic rings. The number of likely N-dealkylation sites (tertiary alicyclic amines) is 1. The molecule has 1 aliphatic rings. The lowest BCUT2D eigenvalue weighted by Gasteiger charge is -2.31. The second-order valence-electron chi connectivity index (χ2n) is 7.04. The fraction of sp³-hybridized carbons (Fsp3) is 0.381. The van der Waals surface area contributed by atoms with Crippen LogP contribution in [0.15, 0.2) is 36.4 Å². The van der Waals surface area contributed by atoms with E-state index in [0.29, 0.717) is 17.1 Å². The predicted molar refractivity (Wildman–Crippen MR) is 104 cm³/mol. The van der Waals surface area contributed by atoms with Crippen molar-refractivity contribution in [1.29, 1.82) is 0 Å². The van der Waals surface area contributed by atoms with Gasteiger partial charge in [0.25, 0.3) is 0 Å². The molecule has 0 saturated carbocycles. The molecule has 0 aromatic heterocycles. The number of carbonyl (C=O) groups is 1. The first-order valence-corrected chi connectivity index (χ1v) is 9.35. The van der Waals surface area contributed by atoms with Gasteiger partial charge in [-0.05, 0) is 63.0 Å². The zero-order chi connectivity index (χ0) is 18.7. The van der Waals surface area contributed by atoms with Crippen molar-refractivity contribution in [3.8, 4) is 0 Å². The monoisotopic (exact) mass is 374 g/mol. The SMILES string of the molecule is Cc1cccc(C)c1NC(=O)C1CCN(Cc2ccc(Cl)cc2F)CC1. The van der Waals surface area contributed by atoms with Gasteiger partial charge in [0.2, 0.25) is 5.91 Å². The second kappa shape index (κ2) is 8.19. The number of para-hydroxylation sites is 1. The number of aryl methyl sites for hydroxylation is 2. The quantitative estimate of drug-likeness (QED) is 0.821. The number of rotatable bonds is 4. The minimum atomic E-state index is -0.271. The van der Waals surface area contributed by atoms with E-state index in [1.54, 1.807) is 12.1 Å². The number of amides is 1. The predicted octanol–water partition coefficient (Wildman–Crippen LogP) is 4.95. The van der Waals surface area contributed by atoms with E-state index >= 15 is 0 Å². The van der Waals surface area contributed by atoms with Gasteiger partial charge in [0.1, 0.15) is 5.82 Å². The summed E-state index contributed by atoms with van der Waals surface area (Å²) in [6, 6.07) is 10.8. The Morgan fingerprint density at radius 3 is 2.46 bits per heavy atom. The molecule has 0 unspecified atom stereocenters. The molecule has 5 heteroatoms. The first-order valence-electron chi connectivity index (χ1n) is 8.97. The molecule has 1 amide bonds. The zero-order valence-electron chi connectivity index (χ0n) is 15.2. The van der Waals surface area contributed by atoms with Crippen molar-refractivity contribution in [2.75, 3.05) is 18.4 Å². The van der Waals surface area contributed by atoms with Crippen LogP contribution in [0.1, 0.15) is 29.5 Å². The third kappa shape index (κ3) is 4.43. The Morgan fingerprint density at radius 2 is 1.85 bits per heavy atom. The van der Waals surface area contributed by atoms with Crippen molar-refractivity contribution in [3.63, 3.8) is 0 Å². The van der Waals surface area contributed by atoms with Gasteiger partial charge in [-0.25, -0.2) is 4.39 Å². The van der Waals surface area contributed by atoms with Crippen LogP contribution >= 0.6 is 11.6 Å². The standard InChI is InChI=1S/C21H24ClFN2O/c1-14-4-3-5-15(2)20(14)24-21(26)16-8-10-25(11-9-16)13-17-6-7-18(22)12-19(17)23/h3-7,12,16H,8-11,13H2,1-2H3,(H,24,26). The van der Waals surface area contributed by atoms with Crippen LogP contribution in [0.25, 0.3) is 0 Å². The van der Waals surface area contributed by atoms with Gasteiger partial charge in [-0.2, -0.15) is 0 Å². The number of halogens is 2. The Hall–Kier alpha value is -1.91. The van der Waals surface area contributed by atoms with Crippen molar-refractivity contribution < 1.29 is 9.18 Å². The van der Waals surface area contributed by atoms with E-state index in [1.807, 2.05) is 32.0 Å². The summed E-state index contributed by atoms with van der Waals surface area (Å²) in [5, 5.41) is 3.51. The van der Waals surface area contributed by atoms with Gasteiger partial charge in [-0.3, -0.25) is 9.69 Å². The van der Waals surface area contributed by atoms with Crippen LogP contribution in [0.3, 0.4) is 0 Å². The number of piperidine rings is 1. The third-order valence-electron chi connectivity index (χ3n) is 5.10. The van der Waals surface area contributed by atoms with Gasteiger partial charge in [0.15, 0.2) is 0 Å². The number of nitrogens with one attached hydrogen (secondary N) is 1. The molecule has 1 fully saturated rings. The molecular weight excluding hydrogens is 351 g/mol. The van der Waals surface area contributed by atoms with Crippen LogP contribution in [0.4, 0.5) is 10.1 Å². The van der Waals surface area contributed by atoms with Crippen molar-refractivity contribution in [3.05, 3.63) is 63.9 Å². The average Bonchev–Trinajstić information content (AvgIpc) is 2.61. The molecule has 0 atom stereocenters. The highest BCUT2D eigenvalue weighted by molar-refractivity contribution is 6.30. The van der Waals surface area contributed by atoms with E-state index in [0.717, 1.165) is 42.7 Å². The smallest absolute Gasteiger partial charge is 0.227 e. The molecule has 1 N–H and O–H groups in total. The van der Waals surface area contributed by atoms with E-state index in [1.165, 1.54) is 6.07 Å². The molecule has 138 valence electrons. The van der Waals surface area contributed by atoms with Gasteiger partial charge in [0, 0.05) is 28.7 Å². The normalized spacial score (nSPS) is 15.8. The summed E-state index contributed by atoms with van der Waals surface area (Å²) in [6.07, 6.45) is 1.57. The largest absolute Gasteiger partial charge is 0.325 e. The summed E-state index contributed by atoms with van der Waals surface area (Å²) in [6.45, 7) is 6.13. The number of benzene rings is 2. The van der Waals surface area contributed by atoms with E-state index < -0.39 is 0 Å². The maximum atomic E-state index is 14.0. The van der Waals surface area contributed by atoms with Crippen molar-refractivity contribution in [2.45, 2.75) is 33.2 Å². The first-order chi connectivity index (χ1) is 12.4. The summed E-state index contributed by atoms with van der Waals surface area (Å²) >= 11 is 5.80. The lowest BCUT2D eigenvalue weighted by Crippen LogP contribution is -2.38. The molecule has 1 aliphatic heterocycles. The molecule has 3 nitrogen and oxygen atoms in total. The number of hydrogen-bond donors (Lipinski definition) is 1. The van der Waals surface area contributed by atoms with Crippen LogP contribution in [-0.2, 0) is 11.3 Å². The maximum absolute atomic E-state index is 14.0. The topological polar surface area (TPSA) is 32.3 Å². The Bertz CT molecular complexity index is 780. The second-order valence-corrected chi connectivity index (χ2v) is 7.48. The molecule has 3 rings (SSSR count). The summed E-state index contributed by atoms with van der Waals surface area (Å²) in [5.41, 5.74) is 3.72. The van der Waals surface area contributed by atoms with Crippen LogP contribution in [0.2, 0.25) is 5.02 Å². The van der Waals surface area contributed by atoms with E-state index in [2.05, 4.69) is 10.2 Å². The highest BCUT2D eigenvalue weighted by atomic mass is 35.5. The van der Waals surface area contributed by atoms with Crippen LogP contribution in [-0.4, -0.2) is 23.9 Å². The molecule has 1 heterocycles. The van der Waals surface area contributed by atoms with Gasteiger partial charge in [-0.1, -0.05) is 35.9 Å². The van der Waals surface area contributed by atoms with Gasteiger partial charge >= 0.3 is 0 Å². The lowest BCUT2D eigenvalue weighted by atomic mass is 9.95. The lowest BCUT2D eigenvalue weighted by molar-refractivity contribution is -0.121. The first kappa shape index (κ1) is 18.9. The van der Waals surface area contributed by atoms with Crippen molar-refractivity contribution in [2.24, 2.45) is 5.92 Å². The third-order valence-corrected chi connectivity index (χ3v) is 5.33. The molecule has 2 aromatic carbocycles.